The summed E-state index contributed by atoms with van der Waals surface area (Å²) in [6, 6.07) is 0.787. The van der Waals surface area contributed by atoms with E-state index in [4.69, 9.17) is 0 Å². The summed E-state index contributed by atoms with van der Waals surface area (Å²) < 4.78 is 0. The first-order chi connectivity index (χ1) is 8.17. The van der Waals surface area contributed by atoms with E-state index in [0.29, 0.717) is 5.41 Å². The summed E-state index contributed by atoms with van der Waals surface area (Å²) in [5, 5.41) is 3.50. The monoisotopic (exact) mass is 238 g/mol. The van der Waals surface area contributed by atoms with Gasteiger partial charge >= 0.3 is 0 Å². The van der Waals surface area contributed by atoms with Crippen LogP contribution < -0.4 is 5.32 Å². The topological polar surface area (TPSA) is 15.3 Å². The number of rotatable bonds is 4. The van der Waals surface area contributed by atoms with Crippen LogP contribution in [-0.2, 0) is 0 Å². The van der Waals surface area contributed by atoms with Gasteiger partial charge < -0.3 is 10.2 Å². The zero-order valence-corrected chi connectivity index (χ0v) is 12.0. The molecule has 1 saturated heterocycles. The molecule has 1 aliphatic heterocycles. The fourth-order valence-corrected chi connectivity index (χ4v) is 3.60. The highest BCUT2D eigenvalue weighted by molar-refractivity contribution is 4.87. The van der Waals surface area contributed by atoms with Crippen molar-refractivity contribution in [1.29, 1.82) is 0 Å². The Morgan fingerprint density at radius 1 is 1.24 bits per heavy atom. The van der Waals surface area contributed by atoms with E-state index in [0.717, 1.165) is 12.0 Å². The van der Waals surface area contributed by atoms with Crippen LogP contribution in [0.15, 0.2) is 0 Å². The van der Waals surface area contributed by atoms with Gasteiger partial charge in [0.1, 0.15) is 0 Å². The molecule has 2 fully saturated rings. The third kappa shape index (κ3) is 3.23. The third-order valence-electron chi connectivity index (χ3n) is 5.44. The van der Waals surface area contributed by atoms with Crippen molar-refractivity contribution in [1.82, 2.24) is 10.2 Å². The minimum Gasteiger partial charge on any atom is -0.317 e. The van der Waals surface area contributed by atoms with E-state index in [2.05, 4.69) is 31.1 Å². The molecular formula is C15H30N2. The van der Waals surface area contributed by atoms with Crippen molar-refractivity contribution in [3.8, 4) is 0 Å². The lowest BCUT2D eigenvalue weighted by molar-refractivity contribution is 0.0981. The maximum atomic E-state index is 3.50. The first-order valence-corrected chi connectivity index (χ1v) is 7.56. The van der Waals surface area contributed by atoms with Gasteiger partial charge in [-0.3, -0.25) is 0 Å². The van der Waals surface area contributed by atoms with Crippen LogP contribution in [0.1, 0.15) is 52.4 Å². The maximum absolute atomic E-state index is 3.50. The molecule has 100 valence electrons. The van der Waals surface area contributed by atoms with Gasteiger partial charge in [-0.15, -0.1) is 0 Å². The van der Waals surface area contributed by atoms with Crippen molar-refractivity contribution in [3.63, 3.8) is 0 Å². The highest BCUT2D eigenvalue weighted by atomic mass is 15.1. The van der Waals surface area contributed by atoms with Crippen LogP contribution in [0.4, 0.5) is 0 Å². The molecule has 0 radical (unpaired) electrons. The lowest BCUT2D eigenvalue weighted by atomic mass is 9.78. The minimum absolute atomic E-state index is 0.634. The molecule has 17 heavy (non-hydrogen) atoms. The van der Waals surface area contributed by atoms with E-state index in [1.165, 1.54) is 58.2 Å². The Morgan fingerprint density at radius 3 is 2.53 bits per heavy atom. The van der Waals surface area contributed by atoms with E-state index in [1.54, 1.807) is 0 Å². The van der Waals surface area contributed by atoms with Gasteiger partial charge in [0.15, 0.2) is 0 Å². The zero-order valence-electron chi connectivity index (χ0n) is 12.0. The van der Waals surface area contributed by atoms with Gasteiger partial charge in [0.05, 0.1) is 0 Å². The number of hydrogen-bond acceptors (Lipinski definition) is 2. The molecule has 0 bridgehead atoms. The summed E-state index contributed by atoms with van der Waals surface area (Å²) in [7, 11) is 2.13. The van der Waals surface area contributed by atoms with Crippen molar-refractivity contribution in [2.24, 2.45) is 11.3 Å². The smallest absolute Gasteiger partial charge is 0.0104 e. The molecule has 1 saturated carbocycles. The molecule has 2 rings (SSSR count). The summed E-state index contributed by atoms with van der Waals surface area (Å²) in [4.78, 5) is 2.72. The molecule has 1 heterocycles. The second kappa shape index (κ2) is 5.71. The van der Waals surface area contributed by atoms with Gasteiger partial charge in [-0.05, 0) is 57.2 Å². The normalized spacial score (nSPS) is 34.1. The van der Waals surface area contributed by atoms with Crippen LogP contribution in [0.2, 0.25) is 0 Å². The first-order valence-electron chi connectivity index (χ1n) is 7.56. The Bertz CT molecular complexity index is 231. The van der Waals surface area contributed by atoms with Crippen LogP contribution in [-0.4, -0.2) is 37.6 Å². The van der Waals surface area contributed by atoms with Crippen LogP contribution in [0.5, 0.6) is 0 Å². The summed E-state index contributed by atoms with van der Waals surface area (Å²) in [6.07, 6.45) is 8.41. The van der Waals surface area contributed by atoms with Gasteiger partial charge in [0.25, 0.3) is 0 Å². The van der Waals surface area contributed by atoms with Gasteiger partial charge in [0, 0.05) is 12.6 Å². The second-order valence-corrected chi connectivity index (χ2v) is 6.55. The number of nitrogens with zero attached hydrogens (tertiary/aromatic N) is 1. The second-order valence-electron chi connectivity index (χ2n) is 6.55. The molecule has 2 unspecified atom stereocenters. The van der Waals surface area contributed by atoms with E-state index in [9.17, 15) is 0 Å². The third-order valence-corrected chi connectivity index (χ3v) is 5.44. The summed E-state index contributed by atoms with van der Waals surface area (Å²) in [5.74, 6) is 0.908. The molecule has 0 aromatic heterocycles. The lowest BCUT2D eigenvalue weighted by Gasteiger charge is -2.40. The molecule has 1 aliphatic carbocycles. The molecule has 2 heteroatoms. The van der Waals surface area contributed by atoms with Gasteiger partial charge in [-0.1, -0.05) is 26.7 Å². The largest absolute Gasteiger partial charge is 0.317 e. The molecule has 0 aromatic carbocycles. The van der Waals surface area contributed by atoms with Crippen molar-refractivity contribution in [3.05, 3.63) is 0 Å². The molecule has 1 N–H and O–H groups in total. The highest BCUT2D eigenvalue weighted by Crippen LogP contribution is 2.35. The van der Waals surface area contributed by atoms with E-state index in [1.807, 2.05) is 0 Å². The van der Waals surface area contributed by atoms with Gasteiger partial charge in [-0.2, -0.15) is 0 Å². The van der Waals surface area contributed by atoms with Gasteiger partial charge in [-0.25, -0.2) is 0 Å². The fraction of sp³-hybridized carbons (Fsp3) is 1.00. The molecule has 0 amide bonds. The predicted molar refractivity (Wildman–Crippen MR) is 74.3 cm³/mol. The molecule has 2 aliphatic rings. The van der Waals surface area contributed by atoms with Crippen molar-refractivity contribution >= 4 is 0 Å². The fourth-order valence-electron chi connectivity index (χ4n) is 3.60. The molecular weight excluding hydrogens is 208 g/mol. The highest BCUT2D eigenvalue weighted by Gasteiger charge is 2.32. The van der Waals surface area contributed by atoms with E-state index in [-0.39, 0.29) is 0 Å². The minimum atomic E-state index is 0.634. The summed E-state index contributed by atoms with van der Waals surface area (Å²) in [5.41, 5.74) is 0.634. The number of nitrogens with one attached hydrogen (secondary N) is 1. The lowest BCUT2D eigenvalue weighted by Crippen LogP contribution is -2.43. The zero-order chi connectivity index (χ0) is 12.3. The number of piperidine rings is 1. The Balaban J connectivity index is 1.78. The average Bonchev–Trinajstić information content (AvgIpc) is 2.80. The summed E-state index contributed by atoms with van der Waals surface area (Å²) >= 11 is 0. The van der Waals surface area contributed by atoms with E-state index < -0.39 is 0 Å². The standard InChI is InChI=1S/C15H30N2/c1-4-15(2)8-10-17(11-9-15)12-13-6-5-7-14(13)16-3/h13-14,16H,4-12H2,1-3H3. The van der Waals surface area contributed by atoms with Gasteiger partial charge in [0.2, 0.25) is 0 Å². The number of hydrogen-bond donors (Lipinski definition) is 1. The first kappa shape index (κ1) is 13.4. The molecule has 0 spiro atoms. The molecule has 0 aromatic rings. The van der Waals surface area contributed by atoms with Crippen LogP contribution in [0, 0.1) is 11.3 Å². The van der Waals surface area contributed by atoms with Crippen LogP contribution >= 0.6 is 0 Å². The molecule has 2 atom stereocenters. The SMILES string of the molecule is CCC1(C)CCN(CC2CCCC2NC)CC1. The average molecular weight is 238 g/mol. The Morgan fingerprint density at radius 2 is 1.94 bits per heavy atom. The van der Waals surface area contributed by atoms with Crippen molar-refractivity contribution in [2.75, 3.05) is 26.7 Å². The van der Waals surface area contributed by atoms with E-state index >= 15 is 0 Å². The van der Waals surface area contributed by atoms with Crippen LogP contribution in [0.25, 0.3) is 0 Å². The Labute approximate surface area is 107 Å². The quantitative estimate of drug-likeness (QED) is 0.810. The Kier molecular flexibility index (Phi) is 4.48. The summed E-state index contributed by atoms with van der Waals surface area (Å²) in [6.45, 7) is 8.82. The van der Waals surface area contributed by atoms with Crippen LogP contribution in [0.3, 0.4) is 0 Å². The maximum Gasteiger partial charge on any atom is 0.0104 e. The predicted octanol–water partition coefficient (Wildman–Crippen LogP) is 2.89. The molecule has 2 nitrogen and oxygen atoms in total. The Hall–Kier alpha value is -0.0800. The van der Waals surface area contributed by atoms with Crippen molar-refractivity contribution < 1.29 is 0 Å². The van der Waals surface area contributed by atoms with Crippen molar-refractivity contribution in [2.45, 2.75) is 58.4 Å². The number of likely N-dealkylation sites (tertiary alicyclic amines) is 1.